The van der Waals surface area contributed by atoms with Crippen molar-refractivity contribution in [2.24, 2.45) is 0 Å². The summed E-state index contributed by atoms with van der Waals surface area (Å²) in [5.41, 5.74) is 3.63. The molecule has 2 heterocycles. The minimum absolute atomic E-state index is 0.195. The quantitative estimate of drug-likeness (QED) is 0.365. The SMILES string of the molecule is CCOC(=O)Nc1cc(NC(c2ccc(Cl)cc2)c2ccc(Cl)cc2)c2c(n1)NCN2. The molecular formula is C22H21Cl2N5O2. The number of anilines is 4. The summed E-state index contributed by atoms with van der Waals surface area (Å²) in [6, 6.07) is 16.9. The number of carbonyl (C=O) groups excluding carboxylic acids is 1. The molecule has 0 atom stereocenters. The molecule has 0 saturated carbocycles. The van der Waals surface area contributed by atoms with E-state index in [0.29, 0.717) is 28.3 Å². The lowest BCUT2D eigenvalue weighted by atomic mass is 9.98. The van der Waals surface area contributed by atoms with Gasteiger partial charge in [0.1, 0.15) is 11.5 Å². The van der Waals surface area contributed by atoms with Crippen LogP contribution in [0.15, 0.2) is 54.6 Å². The number of hydrogen-bond acceptors (Lipinski definition) is 6. The summed E-state index contributed by atoms with van der Waals surface area (Å²) < 4.78 is 4.98. The van der Waals surface area contributed by atoms with E-state index in [1.165, 1.54) is 0 Å². The lowest BCUT2D eigenvalue weighted by Crippen LogP contribution is -2.16. The third-order valence-corrected chi connectivity index (χ3v) is 5.26. The van der Waals surface area contributed by atoms with Gasteiger partial charge in [-0.25, -0.2) is 9.78 Å². The van der Waals surface area contributed by atoms with Crippen LogP contribution in [0.3, 0.4) is 0 Å². The van der Waals surface area contributed by atoms with Crippen LogP contribution in [-0.2, 0) is 4.74 Å². The maximum Gasteiger partial charge on any atom is 0.412 e. The van der Waals surface area contributed by atoms with Crippen molar-refractivity contribution >= 4 is 52.3 Å². The van der Waals surface area contributed by atoms with Gasteiger partial charge < -0.3 is 20.7 Å². The zero-order valence-electron chi connectivity index (χ0n) is 16.7. The molecule has 7 nitrogen and oxygen atoms in total. The van der Waals surface area contributed by atoms with E-state index in [2.05, 4.69) is 26.3 Å². The predicted octanol–water partition coefficient (Wildman–Crippen LogP) is 5.95. The van der Waals surface area contributed by atoms with Gasteiger partial charge in [-0.05, 0) is 42.3 Å². The smallest absolute Gasteiger partial charge is 0.412 e. The molecule has 4 rings (SSSR count). The second kappa shape index (κ2) is 9.32. The first-order valence-corrected chi connectivity index (χ1v) is 10.5. The lowest BCUT2D eigenvalue weighted by molar-refractivity contribution is 0.168. The number of aromatic nitrogens is 1. The normalized spacial score (nSPS) is 12.0. The molecule has 160 valence electrons. The van der Waals surface area contributed by atoms with Crippen molar-refractivity contribution in [3.8, 4) is 0 Å². The first kappa shape index (κ1) is 21.1. The highest BCUT2D eigenvalue weighted by Gasteiger charge is 2.22. The highest BCUT2D eigenvalue weighted by molar-refractivity contribution is 6.30. The van der Waals surface area contributed by atoms with Gasteiger partial charge in [0.15, 0.2) is 5.82 Å². The van der Waals surface area contributed by atoms with Crippen LogP contribution >= 0.6 is 23.2 Å². The van der Waals surface area contributed by atoms with Crippen LogP contribution in [0, 0.1) is 0 Å². The van der Waals surface area contributed by atoms with Crippen LogP contribution in [0.5, 0.6) is 0 Å². The maximum absolute atomic E-state index is 11.9. The number of pyridine rings is 1. The molecule has 0 fully saturated rings. The Morgan fingerprint density at radius 2 is 1.68 bits per heavy atom. The average molecular weight is 458 g/mol. The van der Waals surface area contributed by atoms with Crippen LogP contribution in [0.4, 0.5) is 27.8 Å². The van der Waals surface area contributed by atoms with E-state index < -0.39 is 6.09 Å². The molecule has 0 bridgehead atoms. The number of fused-ring (bicyclic) bond motifs is 1. The van der Waals surface area contributed by atoms with Crippen LogP contribution in [0.2, 0.25) is 10.0 Å². The Hall–Kier alpha value is -3.16. The number of amides is 1. The Bertz CT molecular complexity index is 1030. The number of nitrogens with one attached hydrogen (secondary N) is 4. The minimum Gasteiger partial charge on any atom is -0.450 e. The molecule has 0 saturated heterocycles. The number of ether oxygens (including phenoxy) is 1. The summed E-state index contributed by atoms with van der Waals surface area (Å²) >= 11 is 12.2. The topological polar surface area (TPSA) is 87.3 Å². The van der Waals surface area contributed by atoms with Crippen LogP contribution in [0.25, 0.3) is 0 Å². The van der Waals surface area contributed by atoms with Crippen LogP contribution in [-0.4, -0.2) is 24.4 Å². The van der Waals surface area contributed by atoms with Crippen molar-refractivity contribution in [2.45, 2.75) is 13.0 Å². The van der Waals surface area contributed by atoms with E-state index in [-0.39, 0.29) is 12.6 Å². The number of rotatable bonds is 6. The van der Waals surface area contributed by atoms with Gasteiger partial charge in [0.2, 0.25) is 0 Å². The van der Waals surface area contributed by atoms with Gasteiger partial charge in [-0.1, -0.05) is 47.5 Å². The molecule has 9 heteroatoms. The van der Waals surface area contributed by atoms with Gasteiger partial charge in [-0.15, -0.1) is 0 Å². The second-order valence-electron chi connectivity index (χ2n) is 6.83. The van der Waals surface area contributed by atoms with Crippen molar-refractivity contribution in [3.05, 3.63) is 75.8 Å². The zero-order chi connectivity index (χ0) is 21.8. The molecule has 1 aliphatic rings. The minimum atomic E-state index is -0.557. The molecule has 1 aromatic heterocycles. The summed E-state index contributed by atoms with van der Waals surface area (Å²) in [6.45, 7) is 2.56. The molecular weight excluding hydrogens is 437 g/mol. The Morgan fingerprint density at radius 1 is 1.06 bits per heavy atom. The highest BCUT2D eigenvalue weighted by Crippen LogP contribution is 2.38. The van der Waals surface area contributed by atoms with E-state index in [9.17, 15) is 4.79 Å². The van der Waals surface area contributed by atoms with E-state index in [1.54, 1.807) is 13.0 Å². The average Bonchev–Trinajstić information content (AvgIpc) is 3.22. The summed E-state index contributed by atoms with van der Waals surface area (Å²) in [5, 5.41) is 14.0. The number of halogens is 2. The summed E-state index contributed by atoms with van der Waals surface area (Å²) in [4.78, 5) is 16.3. The highest BCUT2D eigenvalue weighted by atomic mass is 35.5. The third kappa shape index (κ3) is 4.95. The molecule has 2 aromatic carbocycles. The standard InChI is InChI=1S/C22H21Cl2N5O2/c1-2-31-22(30)29-18-11-17(20-21(28-18)26-12-25-20)27-19(13-3-7-15(23)8-4-13)14-5-9-16(24)10-6-14/h3-11,19,25H,2,12H2,1H3,(H3,26,27,28,29,30). The molecule has 1 amide bonds. The fraction of sp³-hybridized carbons (Fsp3) is 0.182. The third-order valence-electron chi connectivity index (χ3n) is 4.75. The first-order chi connectivity index (χ1) is 15.0. The molecule has 31 heavy (non-hydrogen) atoms. The molecule has 0 spiro atoms. The van der Waals surface area contributed by atoms with Gasteiger partial charge >= 0.3 is 6.09 Å². The molecule has 0 aliphatic carbocycles. The van der Waals surface area contributed by atoms with Crippen molar-refractivity contribution in [1.29, 1.82) is 0 Å². The Balaban J connectivity index is 1.72. The second-order valence-corrected chi connectivity index (χ2v) is 7.71. The van der Waals surface area contributed by atoms with Gasteiger partial charge in [-0.3, -0.25) is 5.32 Å². The Kier molecular flexibility index (Phi) is 6.34. The molecule has 3 aromatic rings. The molecule has 0 radical (unpaired) electrons. The van der Waals surface area contributed by atoms with Crippen LogP contribution in [0.1, 0.15) is 24.1 Å². The van der Waals surface area contributed by atoms with Gasteiger partial charge in [0, 0.05) is 16.1 Å². The van der Waals surface area contributed by atoms with E-state index >= 15 is 0 Å². The summed E-state index contributed by atoms with van der Waals surface area (Å²) in [7, 11) is 0. The van der Waals surface area contributed by atoms with Gasteiger partial charge in [0.25, 0.3) is 0 Å². The zero-order valence-corrected chi connectivity index (χ0v) is 18.2. The Labute approximate surface area is 190 Å². The van der Waals surface area contributed by atoms with Gasteiger partial charge in [0.05, 0.1) is 25.0 Å². The fourth-order valence-corrected chi connectivity index (χ4v) is 3.59. The van der Waals surface area contributed by atoms with E-state index in [4.69, 9.17) is 27.9 Å². The maximum atomic E-state index is 11.9. The lowest BCUT2D eigenvalue weighted by Gasteiger charge is -2.23. The monoisotopic (exact) mass is 457 g/mol. The largest absolute Gasteiger partial charge is 0.450 e. The molecule has 0 unspecified atom stereocenters. The van der Waals surface area contributed by atoms with Gasteiger partial charge in [-0.2, -0.15) is 0 Å². The summed E-state index contributed by atoms with van der Waals surface area (Å²) in [6.07, 6.45) is -0.557. The number of hydrogen-bond donors (Lipinski definition) is 4. The van der Waals surface area contributed by atoms with Crippen LogP contribution < -0.4 is 21.3 Å². The predicted molar refractivity (Wildman–Crippen MR) is 125 cm³/mol. The first-order valence-electron chi connectivity index (χ1n) is 9.77. The number of nitrogens with zero attached hydrogens (tertiary/aromatic N) is 1. The van der Waals surface area contributed by atoms with Crippen molar-refractivity contribution in [1.82, 2.24) is 4.98 Å². The summed E-state index contributed by atoms with van der Waals surface area (Å²) in [5.74, 6) is 1.02. The fourth-order valence-electron chi connectivity index (χ4n) is 3.34. The van der Waals surface area contributed by atoms with Crippen molar-refractivity contribution in [2.75, 3.05) is 34.5 Å². The van der Waals surface area contributed by atoms with Crippen molar-refractivity contribution in [3.63, 3.8) is 0 Å². The van der Waals surface area contributed by atoms with E-state index in [1.807, 2.05) is 48.5 Å². The van der Waals surface area contributed by atoms with Crippen molar-refractivity contribution < 1.29 is 9.53 Å². The Morgan fingerprint density at radius 3 is 2.26 bits per heavy atom. The van der Waals surface area contributed by atoms with E-state index in [0.717, 1.165) is 22.5 Å². The number of benzene rings is 2. The molecule has 1 aliphatic heterocycles. The molecule has 4 N–H and O–H groups in total. The number of carbonyl (C=O) groups is 1.